The van der Waals surface area contributed by atoms with E-state index in [4.69, 9.17) is 9.47 Å². The molecule has 1 aliphatic heterocycles. The minimum absolute atomic E-state index is 0.0963. The van der Waals surface area contributed by atoms with Crippen molar-refractivity contribution in [2.45, 2.75) is 18.9 Å². The monoisotopic (exact) mass is 372 g/mol. The molecule has 0 aromatic heterocycles. The van der Waals surface area contributed by atoms with Crippen molar-refractivity contribution in [3.63, 3.8) is 0 Å². The van der Waals surface area contributed by atoms with E-state index in [-0.39, 0.29) is 24.4 Å². The molecule has 6 heteroatoms. The molecule has 0 spiro atoms. The molecule has 1 amide bonds. The fourth-order valence-electron chi connectivity index (χ4n) is 3.28. The third-order valence-electron chi connectivity index (χ3n) is 4.76. The fourth-order valence-corrected chi connectivity index (χ4v) is 3.28. The van der Waals surface area contributed by atoms with Crippen molar-refractivity contribution in [3.05, 3.63) is 59.9 Å². The average molecular weight is 372 g/mol. The molecule has 0 saturated carbocycles. The third kappa shape index (κ3) is 5.44. The van der Waals surface area contributed by atoms with Crippen molar-refractivity contribution < 1.29 is 18.7 Å². The van der Waals surface area contributed by atoms with Gasteiger partial charge in [0, 0.05) is 6.54 Å². The number of carbonyl (C=O) groups is 1. The van der Waals surface area contributed by atoms with Crippen LogP contribution in [0.4, 0.5) is 4.39 Å². The average Bonchev–Trinajstić information content (AvgIpc) is 3.23. The molecular formula is C21H25FN2O3. The van der Waals surface area contributed by atoms with E-state index in [1.807, 2.05) is 24.3 Å². The molecule has 1 fully saturated rings. The van der Waals surface area contributed by atoms with E-state index in [1.165, 1.54) is 37.1 Å². The number of rotatable bonds is 8. The Bertz CT molecular complexity index is 728. The molecule has 0 aliphatic carbocycles. The maximum Gasteiger partial charge on any atom is 0.258 e. The van der Waals surface area contributed by atoms with E-state index in [9.17, 15) is 9.18 Å². The number of nitrogens with zero attached hydrogens (tertiary/aromatic N) is 1. The zero-order chi connectivity index (χ0) is 19.1. The van der Waals surface area contributed by atoms with Crippen molar-refractivity contribution in [2.75, 3.05) is 33.4 Å². The number of benzene rings is 2. The van der Waals surface area contributed by atoms with Crippen LogP contribution in [0.5, 0.6) is 11.5 Å². The Kier molecular flexibility index (Phi) is 6.65. The Morgan fingerprint density at radius 1 is 1.07 bits per heavy atom. The van der Waals surface area contributed by atoms with Crippen molar-refractivity contribution in [1.29, 1.82) is 0 Å². The summed E-state index contributed by atoms with van der Waals surface area (Å²) in [6.07, 6.45) is 2.35. The molecule has 3 rings (SSSR count). The highest BCUT2D eigenvalue weighted by Crippen LogP contribution is 2.26. The highest BCUT2D eigenvalue weighted by atomic mass is 19.1. The first-order chi connectivity index (χ1) is 13.2. The van der Waals surface area contributed by atoms with Gasteiger partial charge in [-0.3, -0.25) is 9.69 Å². The van der Waals surface area contributed by atoms with E-state index in [1.54, 1.807) is 7.11 Å². The number of amides is 1. The molecule has 5 nitrogen and oxygen atoms in total. The van der Waals surface area contributed by atoms with Crippen LogP contribution in [0.2, 0.25) is 0 Å². The van der Waals surface area contributed by atoms with Gasteiger partial charge in [0.25, 0.3) is 5.91 Å². The summed E-state index contributed by atoms with van der Waals surface area (Å²) >= 11 is 0. The summed E-state index contributed by atoms with van der Waals surface area (Å²) in [6, 6.07) is 13.7. The van der Waals surface area contributed by atoms with Gasteiger partial charge < -0.3 is 14.8 Å². The van der Waals surface area contributed by atoms with E-state index >= 15 is 0 Å². The zero-order valence-corrected chi connectivity index (χ0v) is 15.5. The van der Waals surface area contributed by atoms with E-state index in [0.29, 0.717) is 12.3 Å². The molecule has 0 radical (unpaired) electrons. The van der Waals surface area contributed by atoms with Crippen LogP contribution in [-0.2, 0) is 4.79 Å². The van der Waals surface area contributed by atoms with Gasteiger partial charge in [-0.2, -0.15) is 0 Å². The molecule has 1 heterocycles. The largest absolute Gasteiger partial charge is 0.497 e. The predicted molar refractivity (Wildman–Crippen MR) is 101 cm³/mol. The first-order valence-electron chi connectivity index (χ1n) is 9.19. The Hall–Kier alpha value is -2.60. The molecule has 0 bridgehead atoms. The van der Waals surface area contributed by atoms with Crippen LogP contribution in [0.25, 0.3) is 0 Å². The number of carbonyl (C=O) groups excluding carboxylic acids is 1. The van der Waals surface area contributed by atoms with Crippen LogP contribution >= 0.6 is 0 Å². The number of halogens is 1. The smallest absolute Gasteiger partial charge is 0.258 e. The Balaban J connectivity index is 1.56. The second-order valence-electron chi connectivity index (χ2n) is 6.58. The molecule has 144 valence electrons. The van der Waals surface area contributed by atoms with Gasteiger partial charge in [0.1, 0.15) is 17.3 Å². The van der Waals surface area contributed by atoms with Gasteiger partial charge in [-0.1, -0.05) is 12.1 Å². The summed E-state index contributed by atoms with van der Waals surface area (Å²) in [5.74, 6) is 0.755. The van der Waals surface area contributed by atoms with Gasteiger partial charge in [-0.15, -0.1) is 0 Å². The fraction of sp³-hybridized carbons (Fsp3) is 0.381. The molecule has 0 unspecified atom stereocenters. The number of hydrogen-bond donors (Lipinski definition) is 1. The summed E-state index contributed by atoms with van der Waals surface area (Å²) in [5.41, 5.74) is 1.15. The lowest BCUT2D eigenvalue weighted by atomic mass is 10.1. The van der Waals surface area contributed by atoms with Crippen LogP contribution in [0, 0.1) is 5.82 Å². The van der Waals surface area contributed by atoms with Crippen molar-refractivity contribution in [3.8, 4) is 11.5 Å². The summed E-state index contributed by atoms with van der Waals surface area (Å²) < 4.78 is 23.5. The van der Waals surface area contributed by atoms with Gasteiger partial charge in [0.15, 0.2) is 6.61 Å². The van der Waals surface area contributed by atoms with Crippen molar-refractivity contribution in [2.24, 2.45) is 0 Å². The second kappa shape index (κ2) is 9.37. The van der Waals surface area contributed by atoms with Crippen LogP contribution in [0.1, 0.15) is 24.4 Å². The van der Waals surface area contributed by atoms with Crippen molar-refractivity contribution in [1.82, 2.24) is 10.2 Å². The molecule has 2 aromatic carbocycles. The number of ether oxygens (including phenoxy) is 2. The Morgan fingerprint density at radius 3 is 2.33 bits per heavy atom. The Morgan fingerprint density at radius 2 is 1.70 bits per heavy atom. The van der Waals surface area contributed by atoms with Crippen LogP contribution < -0.4 is 14.8 Å². The standard InChI is InChI=1S/C21H25FN2O3/c1-26-18-8-4-16(5-9-18)20(24-12-2-3-13-24)14-23-21(25)15-27-19-10-6-17(22)7-11-19/h4-11,20H,2-3,12-15H2,1H3,(H,23,25)/t20-/m1/s1. The SMILES string of the molecule is COc1ccc([C@@H](CNC(=O)COc2ccc(F)cc2)N2CCCC2)cc1. The van der Waals surface area contributed by atoms with Crippen LogP contribution in [-0.4, -0.2) is 44.2 Å². The molecule has 1 atom stereocenters. The normalized spacial score (nSPS) is 15.3. The third-order valence-corrected chi connectivity index (χ3v) is 4.76. The molecule has 1 N–H and O–H groups in total. The maximum atomic E-state index is 12.9. The van der Waals surface area contributed by atoms with Gasteiger partial charge in [0.05, 0.1) is 13.2 Å². The first kappa shape index (κ1) is 19.2. The molecule has 1 aliphatic rings. The lowest BCUT2D eigenvalue weighted by Gasteiger charge is -2.28. The van der Waals surface area contributed by atoms with Gasteiger partial charge >= 0.3 is 0 Å². The van der Waals surface area contributed by atoms with Gasteiger partial charge in [-0.05, 0) is 67.9 Å². The topological polar surface area (TPSA) is 50.8 Å². The highest BCUT2D eigenvalue weighted by molar-refractivity contribution is 5.77. The van der Waals surface area contributed by atoms with Crippen molar-refractivity contribution >= 4 is 5.91 Å². The maximum absolute atomic E-state index is 12.9. The predicted octanol–water partition coefficient (Wildman–Crippen LogP) is 3.17. The van der Waals surface area contributed by atoms with Gasteiger partial charge in [-0.25, -0.2) is 4.39 Å². The van der Waals surface area contributed by atoms with Gasteiger partial charge in [0.2, 0.25) is 0 Å². The first-order valence-corrected chi connectivity index (χ1v) is 9.19. The summed E-state index contributed by atoms with van der Waals surface area (Å²) in [7, 11) is 1.65. The molecule has 2 aromatic rings. The summed E-state index contributed by atoms with van der Waals surface area (Å²) in [6.45, 7) is 2.47. The Labute approximate surface area is 159 Å². The molecule has 1 saturated heterocycles. The number of nitrogens with one attached hydrogen (secondary N) is 1. The number of likely N-dealkylation sites (tertiary alicyclic amines) is 1. The van der Waals surface area contributed by atoms with Crippen LogP contribution in [0.3, 0.4) is 0 Å². The minimum Gasteiger partial charge on any atom is -0.497 e. The second-order valence-corrected chi connectivity index (χ2v) is 6.58. The molecule has 27 heavy (non-hydrogen) atoms. The zero-order valence-electron chi connectivity index (χ0n) is 15.5. The molecular weight excluding hydrogens is 347 g/mol. The quantitative estimate of drug-likeness (QED) is 0.773. The van der Waals surface area contributed by atoms with E-state index in [2.05, 4.69) is 10.2 Å². The highest BCUT2D eigenvalue weighted by Gasteiger charge is 2.24. The van der Waals surface area contributed by atoms with Crippen LogP contribution in [0.15, 0.2) is 48.5 Å². The lowest BCUT2D eigenvalue weighted by molar-refractivity contribution is -0.123. The van der Waals surface area contributed by atoms with E-state index < -0.39 is 0 Å². The number of methoxy groups -OCH3 is 1. The van der Waals surface area contributed by atoms with E-state index in [0.717, 1.165) is 24.4 Å². The lowest BCUT2D eigenvalue weighted by Crippen LogP contribution is -2.38. The minimum atomic E-state index is -0.334. The summed E-state index contributed by atoms with van der Waals surface area (Å²) in [4.78, 5) is 14.6. The number of hydrogen-bond acceptors (Lipinski definition) is 4. The summed E-state index contributed by atoms with van der Waals surface area (Å²) in [5, 5.41) is 2.96.